The molecular formula is C5H8ClNO. The number of allylic oxidation sites excluding steroid dienone is 2. The van der Waals surface area contributed by atoms with Gasteiger partial charge in [-0.25, -0.2) is 0 Å². The summed E-state index contributed by atoms with van der Waals surface area (Å²) in [6.45, 7) is 1.82. The van der Waals surface area contributed by atoms with Crippen LogP contribution in [-0.4, -0.2) is 13.3 Å². The van der Waals surface area contributed by atoms with Crippen LogP contribution in [0.4, 0.5) is 0 Å². The molecule has 0 spiro atoms. The van der Waals surface area contributed by atoms with Gasteiger partial charge in [0.2, 0.25) is 0 Å². The highest BCUT2D eigenvalue weighted by Crippen LogP contribution is 1.94. The maximum absolute atomic E-state index is 5.48. The van der Waals surface area contributed by atoms with Gasteiger partial charge < -0.3 is 4.84 Å². The lowest BCUT2D eigenvalue weighted by molar-refractivity contribution is 0.215. The highest BCUT2D eigenvalue weighted by atomic mass is 35.5. The standard InChI is InChI=1S/C5H8ClNO/c1-3-5(6)4-7-8-2/h3-4H,1-2H3/b5-3+,7-4-. The normalized spacial score (nSPS) is 12.6. The molecule has 8 heavy (non-hydrogen) atoms. The number of hydrogen-bond acceptors (Lipinski definition) is 2. The van der Waals surface area contributed by atoms with Gasteiger partial charge in [0.1, 0.15) is 7.11 Å². The summed E-state index contributed by atoms with van der Waals surface area (Å²) in [4.78, 5) is 4.36. The fraction of sp³-hybridized carbons (Fsp3) is 0.400. The number of nitrogens with zero attached hydrogens (tertiary/aromatic N) is 1. The molecule has 0 amide bonds. The van der Waals surface area contributed by atoms with E-state index < -0.39 is 0 Å². The van der Waals surface area contributed by atoms with Crippen molar-refractivity contribution in [1.82, 2.24) is 0 Å². The molecule has 2 nitrogen and oxygen atoms in total. The topological polar surface area (TPSA) is 21.6 Å². The Morgan fingerprint density at radius 3 is 2.75 bits per heavy atom. The van der Waals surface area contributed by atoms with E-state index in [4.69, 9.17) is 11.6 Å². The minimum Gasteiger partial charge on any atom is -0.399 e. The van der Waals surface area contributed by atoms with Crippen molar-refractivity contribution in [3.05, 3.63) is 11.1 Å². The van der Waals surface area contributed by atoms with Crippen molar-refractivity contribution in [1.29, 1.82) is 0 Å². The van der Waals surface area contributed by atoms with Gasteiger partial charge in [0.25, 0.3) is 0 Å². The van der Waals surface area contributed by atoms with Crippen LogP contribution in [0.25, 0.3) is 0 Å². The van der Waals surface area contributed by atoms with E-state index in [-0.39, 0.29) is 0 Å². The van der Waals surface area contributed by atoms with E-state index in [1.807, 2.05) is 6.92 Å². The predicted molar refractivity (Wildman–Crippen MR) is 35.1 cm³/mol. The molecule has 3 heteroatoms. The molecule has 0 aromatic carbocycles. The van der Waals surface area contributed by atoms with Gasteiger partial charge >= 0.3 is 0 Å². The first-order valence-corrected chi connectivity index (χ1v) is 2.57. The molecule has 0 fully saturated rings. The van der Waals surface area contributed by atoms with Gasteiger partial charge in [0, 0.05) is 0 Å². The van der Waals surface area contributed by atoms with Gasteiger partial charge in [-0.05, 0) is 6.92 Å². The Hall–Kier alpha value is -0.500. The SMILES string of the molecule is C/C=C(Cl)\C=N/OC. The van der Waals surface area contributed by atoms with E-state index in [2.05, 4.69) is 9.99 Å². The predicted octanol–water partition coefficient (Wildman–Crippen LogP) is 1.76. The Kier molecular flexibility index (Phi) is 4.36. The molecule has 0 aliphatic rings. The number of oxime groups is 1. The van der Waals surface area contributed by atoms with Gasteiger partial charge in [-0.3, -0.25) is 0 Å². The molecule has 46 valence electrons. The first-order chi connectivity index (χ1) is 3.81. The van der Waals surface area contributed by atoms with Crippen LogP contribution in [0.2, 0.25) is 0 Å². The summed E-state index contributed by atoms with van der Waals surface area (Å²) in [6, 6.07) is 0. The molecule has 0 saturated carbocycles. The maximum Gasteiger partial charge on any atom is 0.106 e. The highest BCUT2D eigenvalue weighted by Gasteiger charge is 1.77. The number of halogens is 1. The van der Waals surface area contributed by atoms with Crippen LogP contribution < -0.4 is 0 Å². The van der Waals surface area contributed by atoms with E-state index in [0.29, 0.717) is 5.03 Å². The van der Waals surface area contributed by atoms with Gasteiger partial charge in [-0.1, -0.05) is 22.8 Å². The molecule has 0 heterocycles. The van der Waals surface area contributed by atoms with Crippen molar-refractivity contribution in [3.8, 4) is 0 Å². The molecule has 0 aromatic rings. The lowest BCUT2D eigenvalue weighted by Crippen LogP contribution is -1.73. The summed E-state index contributed by atoms with van der Waals surface area (Å²) in [7, 11) is 1.47. The molecule has 0 atom stereocenters. The van der Waals surface area contributed by atoms with Crippen LogP contribution in [0, 0.1) is 0 Å². The second-order valence-electron chi connectivity index (χ2n) is 1.09. The van der Waals surface area contributed by atoms with Crippen molar-refractivity contribution < 1.29 is 4.84 Å². The summed E-state index contributed by atoms with van der Waals surface area (Å²) in [5.41, 5.74) is 0. The summed E-state index contributed by atoms with van der Waals surface area (Å²) >= 11 is 5.48. The lowest BCUT2D eigenvalue weighted by atomic mass is 10.6. The van der Waals surface area contributed by atoms with Crippen molar-refractivity contribution in [2.75, 3.05) is 7.11 Å². The third-order valence-corrected chi connectivity index (χ3v) is 0.873. The van der Waals surface area contributed by atoms with Crippen LogP contribution in [-0.2, 0) is 4.84 Å². The Bertz CT molecular complexity index is 109. The Labute approximate surface area is 53.8 Å². The molecule has 0 radical (unpaired) electrons. The monoisotopic (exact) mass is 133 g/mol. The van der Waals surface area contributed by atoms with Gasteiger partial charge in [-0.15, -0.1) is 0 Å². The van der Waals surface area contributed by atoms with Crippen LogP contribution >= 0.6 is 11.6 Å². The van der Waals surface area contributed by atoms with E-state index in [9.17, 15) is 0 Å². The number of rotatable bonds is 2. The zero-order chi connectivity index (χ0) is 6.41. The molecule has 0 aromatic heterocycles. The van der Waals surface area contributed by atoms with E-state index in [0.717, 1.165) is 0 Å². The molecular weight excluding hydrogens is 126 g/mol. The summed E-state index contributed by atoms with van der Waals surface area (Å²) in [5, 5.41) is 3.99. The van der Waals surface area contributed by atoms with Gasteiger partial charge in [0.05, 0.1) is 11.2 Å². The minimum atomic E-state index is 0.576. The van der Waals surface area contributed by atoms with Crippen molar-refractivity contribution in [2.45, 2.75) is 6.92 Å². The largest absolute Gasteiger partial charge is 0.399 e. The Morgan fingerprint density at radius 1 is 1.75 bits per heavy atom. The third-order valence-electron chi connectivity index (χ3n) is 0.557. The molecule has 0 N–H and O–H groups in total. The van der Waals surface area contributed by atoms with Crippen LogP contribution in [0.15, 0.2) is 16.3 Å². The van der Waals surface area contributed by atoms with Gasteiger partial charge in [-0.2, -0.15) is 0 Å². The summed E-state index contributed by atoms with van der Waals surface area (Å²) in [6.07, 6.45) is 3.16. The molecule has 0 aliphatic heterocycles. The molecule has 0 unspecified atom stereocenters. The molecule has 0 saturated heterocycles. The van der Waals surface area contributed by atoms with Crippen molar-refractivity contribution in [2.24, 2.45) is 5.16 Å². The second-order valence-corrected chi connectivity index (χ2v) is 1.53. The average molecular weight is 134 g/mol. The minimum absolute atomic E-state index is 0.576. The third kappa shape index (κ3) is 3.68. The zero-order valence-electron chi connectivity index (χ0n) is 4.89. The van der Waals surface area contributed by atoms with E-state index >= 15 is 0 Å². The maximum atomic E-state index is 5.48. The Balaban J connectivity index is 3.53. The quantitative estimate of drug-likeness (QED) is 0.416. The van der Waals surface area contributed by atoms with Gasteiger partial charge in [0.15, 0.2) is 0 Å². The summed E-state index contributed by atoms with van der Waals surface area (Å²) in [5.74, 6) is 0. The molecule has 0 bridgehead atoms. The number of hydrogen-bond donors (Lipinski definition) is 0. The van der Waals surface area contributed by atoms with Crippen molar-refractivity contribution >= 4 is 17.8 Å². The van der Waals surface area contributed by atoms with Crippen molar-refractivity contribution in [3.63, 3.8) is 0 Å². The first-order valence-electron chi connectivity index (χ1n) is 2.19. The molecule has 0 aliphatic carbocycles. The summed E-state index contributed by atoms with van der Waals surface area (Å²) < 4.78 is 0. The molecule has 0 rings (SSSR count). The van der Waals surface area contributed by atoms with Crippen LogP contribution in [0.3, 0.4) is 0 Å². The lowest BCUT2D eigenvalue weighted by Gasteiger charge is -1.83. The Morgan fingerprint density at radius 2 is 2.38 bits per heavy atom. The van der Waals surface area contributed by atoms with Crippen LogP contribution in [0.1, 0.15) is 6.92 Å². The van der Waals surface area contributed by atoms with E-state index in [1.165, 1.54) is 13.3 Å². The zero-order valence-corrected chi connectivity index (χ0v) is 5.64. The van der Waals surface area contributed by atoms with E-state index in [1.54, 1.807) is 6.08 Å². The fourth-order valence-electron chi connectivity index (χ4n) is 0.178. The average Bonchev–Trinajstić information content (AvgIpc) is 1.83. The smallest absolute Gasteiger partial charge is 0.106 e. The first kappa shape index (κ1) is 7.50. The fourth-order valence-corrected chi connectivity index (χ4v) is 0.217. The van der Waals surface area contributed by atoms with Crippen LogP contribution in [0.5, 0.6) is 0 Å². The highest BCUT2D eigenvalue weighted by molar-refractivity contribution is 6.39. The second kappa shape index (κ2) is 4.65.